The lowest BCUT2D eigenvalue weighted by atomic mass is 10.1. The molecule has 1 aromatic rings. The summed E-state index contributed by atoms with van der Waals surface area (Å²) in [5, 5.41) is -6.73. The Labute approximate surface area is 171 Å². The predicted molar refractivity (Wildman–Crippen MR) is 91.6 cm³/mol. The Morgan fingerprint density at radius 1 is 0.968 bits per heavy atom. The van der Waals surface area contributed by atoms with Crippen molar-refractivity contribution in [1.29, 1.82) is 0 Å². The van der Waals surface area contributed by atoms with Crippen molar-refractivity contribution in [3.8, 4) is 5.75 Å². The van der Waals surface area contributed by atoms with E-state index in [-0.39, 0.29) is 17.1 Å². The first kappa shape index (κ1) is 25.3. The van der Waals surface area contributed by atoms with E-state index in [4.69, 9.17) is 4.74 Å². The highest BCUT2D eigenvalue weighted by atomic mass is 32.2. The summed E-state index contributed by atoms with van der Waals surface area (Å²) >= 11 is 0. The van der Waals surface area contributed by atoms with Gasteiger partial charge in [0, 0.05) is 12.6 Å². The summed E-state index contributed by atoms with van der Waals surface area (Å²) < 4.78 is 147. The van der Waals surface area contributed by atoms with E-state index in [0.29, 0.717) is 11.3 Å². The van der Waals surface area contributed by atoms with Gasteiger partial charge in [-0.15, -0.1) is 0 Å². The Bertz CT molecular complexity index is 912. The summed E-state index contributed by atoms with van der Waals surface area (Å²) in [4.78, 5) is 0. The smallest absolute Gasteiger partial charge is 0.460 e. The molecular weight excluding hydrogens is 469 g/mol. The van der Waals surface area contributed by atoms with Gasteiger partial charge in [0.1, 0.15) is 5.75 Å². The quantitative estimate of drug-likeness (QED) is 0.515. The minimum Gasteiger partial charge on any atom is -0.497 e. The summed E-state index contributed by atoms with van der Waals surface area (Å²) in [5.41, 5.74) is 0.436. The standard InChI is InChI=1S/C17H16F9NO3S/c1-30-13-8-5-11(6-9-13)4-7-12-3-2-10-27(12)31(28,29)17(25,26)15(20,21)14(18,19)16(22,23)24/h4-9,12H,2-3,10H2,1H3/b7-4+/t12-/m1/s1. The van der Waals surface area contributed by atoms with Crippen LogP contribution in [0.4, 0.5) is 39.5 Å². The minimum absolute atomic E-state index is 0.103. The summed E-state index contributed by atoms with van der Waals surface area (Å²) in [5.74, 6) is -14.1. The largest absolute Gasteiger partial charge is 0.497 e. The van der Waals surface area contributed by atoms with Crippen LogP contribution in [0, 0.1) is 0 Å². The van der Waals surface area contributed by atoms with Gasteiger partial charge < -0.3 is 4.74 Å². The summed E-state index contributed by atoms with van der Waals surface area (Å²) in [6, 6.07) is 4.56. The summed E-state index contributed by atoms with van der Waals surface area (Å²) in [6.45, 7) is -0.761. The number of sulfonamides is 1. The molecule has 0 unspecified atom stereocenters. The first-order chi connectivity index (χ1) is 14.0. The van der Waals surface area contributed by atoms with Crippen LogP contribution in [0.1, 0.15) is 18.4 Å². The second kappa shape index (κ2) is 8.19. The number of rotatable bonds is 7. The fraction of sp³-hybridized carbons (Fsp3) is 0.529. The predicted octanol–water partition coefficient (Wildman–Crippen LogP) is 4.93. The third-order valence-corrected chi connectivity index (χ3v) is 6.60. The molecule has 0 radical (unpaired) electrons. The molecule has 0 aromatic heterocycles. The van der Waals surface area contributed by atoms with E-state index in [1.54, 1.807) is 0 Å². The van der Waals surface area contributed by atoms with Crippen LogP contribution in [0.5, 0.6) is 5.75 Å². The van der Waals surface area contributed by atoms with Crippen molar-refractivity contribution in [3.05, 3.63) is 35.9 Å². The van der Waals surface area contributed by atoms with Crippen LogP contribution in [0.3, 0.4) is 0 Å². The van der Waals surface area contributed by atoms with Crippen molar-refractivity contribution in [2.75, 3.05) is 13.7 Å². The van der Waals surface area contributed by atoms with Crippen LogP contribution < -0.4 is 4.74 Å². The van der Waals surface area contributed by atoms with Crippen molar-refractivity contribution in [3.63, 3.8) is 0 Å². The molecule has 0 spiro atoms. The summed E-state index contributed by atoms with van der Waals surface area (Å²) in [6.07, 6.45) is -5.02. The van der Waals surface area contributed by atoms with Gasteiger partial charge in [-0.3, -0.25) is 0 Å². The number of nitrogens with zero attached hydrogens (tertiary/aromatic N) is 1. The van der Waals surface area contributed by atoms with Crippen molar-refractivity contribution < 1.29 is 52.7 Å². The molecule has 31 heavy (non-hydrogen) atoms. The molecule has 1 heterocycles. The highest BCUT2D eigenvalue weighted by Crippen LogP contribution is 2.55. The maximum Gasteiger partial charge on any atom is 0.460 e. The highest BCUT2D eigenvalue weighted by Gasteiger charge is 2.86. The molecule has 1 aliphatic rings. The Kier molecular flexibility index (Phi) is 6.68. The van der Waals surface area contributed by atoms with E-state index in [1.807, 2.05) is 0 Å². The minimum atomic E-state index is -7.29. The Balaban J connectivity index is 2.36. The zero-order chi connectivity index (χ0) is 23.9. The molecule has 4 nitrogen and oxygen atoms in total. The van der Waals surface area contributed by atoms with Gasteiger partial charge in [0.2, 0.25) is 0 Å². The van der Waals surface area contributed by atoms with E-state index in [9.17, 15) is 47.9 Å². The molecule has 0 saturated carbocycles. The SMILES string of the molecule is COc1ccc(/C=C/[C@H]2CCCN2S(=O)(=O)C(F)(F)C(F)(F)C(F)(F)C(F)(F)F)cc1. The van der Waals surface area contributed by atoms with Crippen LogP contribution in [0.2, 0.25) is 0 Å². The molecule has 0 bridgehead atoms. The van der Waals surface area contributed by atoms with Crippen LogP contribution in [-0.2, 0) is 10.0 Å². The first-order valence-electron chi connectivity index (χ1n) is 8.54. The Hall–Kier alpha value is -1.96. The van der Waals surface area contributed by atoms with Gasteiger partial charge in [-0.05, 0) is 30.5 Å². The molecule has 1 aliphatic heterocycles. The van der Waals surface area contributed by atoms with Gasteiger partial charge in [0.25, 0.3) is 10.0 Å². The number of ether oxygens (including phenoxy) is 1. The van der Waals surface area contributed by atoms with Crippen LogP contribution in [0.15, 0.2) is 30.3 Å². The maximum absolute atomic E-state index is 14.1. The Morgan fingerprint density at radius 2 is 1.52 bits per heavy atom. The number of alkyl halides is 9. The van der Waals surface area contributed by atoms with Gasteiger partial charge in [-0.25, -0.2) is 8.42 Å². The van der Waals surface area contributed by atoms with E-state index >= 15 is 0 Å². The maximum atomic E-state index is 14.1. The number of halogens is 9. The van der Waals surface area contributed by atoms with E-state index in [0.717, 1.165) is 6.08 Å². The fourth-order valence-electron chi connectivity index (χ4n) is 2.86. The number of methoxy groups -OCH3 is 1. The van der Waals surface area contributed by atoms with Gasteiger partial charge in [0.15, 0.2) is 0 Å². The number of benzene rings is 1. The van der Waals surface area contributed by atoms with Gasteiger partial charge >= 0.3 is 23.3 Å². The molecule has 0 aliphatic carbocycles. The molecule has 14 heteroatoms. The third-order valence-electron chi connectivity index (χ3n) is 4.62. The average molecular weight is 485 g/mol. The lowest BCUT2D eigenvalue weighted by Gasteiger charge is -2.35. The molecule has 1 aromatic carbocycles. The molecule has 0 N–H and O–H groups in total. The second-order valence-electron chi connectivity index (χ2n) is 6.62. The average Bonchev–Trinajstić information content (AvgIpc) is 3.14. The van der Waals surface area contributed by atoms with Gasteiger partial charge in [-0.2, -0.15) is 43.8 Å². The number of hydrogen-bond donors (Lipinski definition) is 0. The van der Waals surface area contributed by atoms with Gasteiger partial charge in [-0.1, -0.05) is 24.3 Å². The molecule has 0 amide bonds. The van der Waals surface area contributed by atoms with E-state index in [2.05, 4.69) is 0 Å². The normalized spacial score (nSPS) is 19.9. The first-order valence-corrected chi connectivity index (χ1v) is 9.98. The third kappa shape index (κ3) is 4.23. The van der Waals surface area contributed by atoms with E-state index < -0.39 is 45.9 Å². The molecule has 1 saturated heterocycles. The lowest BCUT2D eigenvalue weighted by molar-refractivity contribution is -0.382. The molecule has 1 atom stereocenters. The Morgan fingerprint density at radius 3 is 2.00 bits per heavy atom. The van der Waals surface area contributed by atoms with Crippen molar-refractivity contribution in [1.82, 2.24) is 4.31 Å². The zero-order valence-corrected chi connectivity index (χ0v) is 16.5. The van der Waals surface area contributed by atoms with E-state index in [1.165, 1.54) is 37.5 Å². The monoisotopic (exact) mass is 485 g/mol. The number of hydrogen-bond acceptors (Lipinski definition) is 3. The molecule has 176 valence electrons. The lowest BCUT2D eigenvalue weighted by Crippen LogP contribution is -2.65. The topological polar surface area (TPSA) is 46.6 Å². The summed E-state index contributed by atoms with van der Waals surface area (Å²) in [7, 11) is -5.21. The highest BCUT2D eigenvalue weighted by molar-refractivity contribution is 7.90. The molecule has 2 rings (SSSR count). The van der Waals surface area contributed by atoms with Crippen LogP contribution in [-0.4, -0.2) is 55.7 Å². The molecule has 1 fully saturated rings. The molecular formula is C17H16F9NO3S. The second-order valence-corrected chi connectivity index (χ2v) is 8.55. The van der Waals surface area contributed by atoms with Crippen molar-refractivity contribution in [2.24, 2.45) is 0 Å². The van der Waals surface area contributed by atoms with Crippen LogP contribution in [0.25, 0.3) is 6.08 Å². The van der Waals surface area contributed by atoms with Crippen molar-refractivity contribution in [2.45, 2.75) is 42.2 Å². The van der Waals surface area contributed by atoms with Crippen molar-refractivity contribution >= 4 is 16.1 Å². The van der Waals surface area contributed by atoms with Crippen LogP contribution >= 0.6 is 0 Å². The van der Waals surface area contributed by atoms with Gasteiger partial charge in [0.05, 0.1) is 7.11 Å². The zero-order valence-electron chi connectivity index (χ0n) is 15.6. The fourth-order valence-corrected chi connectivity index (χ4v) is 4.51.